The lowest BCUT2D eigenvalue weighted by Crippen LogP contribution is -2.48. The summed E-state index contributed by atoms with van der Waals surface area (Å²) in [6, 6.07) is 3.45. The first-order valence-corrected chi connectivity index (χ1v) is 7.51. The van der Waals surface area contributed by atoms with Gasteiger partial charge in [0, 0.05) is 19.2 Å². The number of hydrogen-bond acceptors (Lipinski definition) is 3. The Bertz CT molecular complexity index is 530. The molecule has 2 unspecified atom stereocenters. The van der Waals surface area contributed by atoms with Crippen molar-refractivity contribution in [2.24, 2.45) is 5.92 Å². The Morgan fingerprint density at radius 2 is 2.24 bits per heavy atom. The molecule has 0 bridgehead atoms. The third-order valence-electron chi connectivity index (χ3n) is 4.17. The van der Waals surface area contributed by atoms with Gasteiger partial charge in [-0.15, -0.1) is 0 Å². The van der Waals surface area contributed by atoms with Crippen molar-refractivity contribution in [3.05, 3.63) is 29.6 Å². The molecule has 2 heterocycles. The molecule has 5 nitrogen and oxygen atoms in total. The summed E-state index contributed by atoms with van der Waals surface area (Å²) < 4.78 is 0. The van der Waals surface area contributed by atoms with Crippen molar-refractivity contribution in [3.8, 4) is 0 Å². The zero-order valence-electron chi connectivity index (χ0n) is 12.9. The standard InChI is InChI=1S/C16H23N3O2/c1-4-11(2)15-16(21)19(9-7-14(20)18-15)10-13-12(3)6-5-8-17-13/h5-6,8,11,15H,4,7,9-10H2,1-3H3,(H,18,20). The highest BCUT2D eigenvalue weighted by molar-refractivity contribution is 5.90. The Kier molecular flexibility index (Phi) is 4.94. The molecule has 0 aromatic carbocycles. The summed E-state index contributed by atoms with van der Waals surface area (Å²) in [5.74, 6) is 0.0843. The summed E-state index contributed by atoms with van der Waals surface area (Å²) in [7, 11) is 0. The lowest BCUT2D eigenvalue weighted by Gasteiger charge is -2.27. The minimum atomic E-state index is -0.422. The first-order chi connectivity index (χ1) is 10.0. The van der Waals surface area contributed by atoms with Crippen molar-refractivity contribution in [1.82, 2.24) is 15.2 Å². The van der Waals surface area contributed by atoms with Crippen molar-refractivity contribution in [2.45, 2.75) is 46.2 Å². The van der Waals surface area contributed by atoms with E-state index in [-0.39, 0.29) is 17.7 Å². The molecule has 2 amide bonds. The van der Waals surface area contributed by atoms with Crippen LogP contribution in [0.3, 0.4) is 0 Å². The molecule has 1 aliphatic heterocycles. The van der Waals surface area contributed by atoms with Crippen molar-refractivity contribution < 1.29 is 9.59 Å². The number of aryl methyl sites for hydroxylation is 1. The molecule has 1 saturated heterocycles. The van der Waals surface area contributed by atoms with E-state index in [0.717, 1.165) is 17.7 Å². The van der Waals surface area contributed by atoms with Crippen LogP contribution in [0.5, 0.6) is 0 Å². The van der Waals surface area contributed by atoms with Gasteiger partial charge in [0.25, 0.3) is 0 Å². The average Bonchev–Trinajstić information content (AvgIpc) is 2.62. The Labute approximate surface area is 125 Å². The molecule has 1 N–H and O–H groups in total. The van der Waals surface area contributed by atoms with Crippen molar-refractivity contribution in [2.75, 3.05) is 6.54 Å². The maximum absolute atomic E-state index is 12.7. The van der Waals surface area contributed by atoms with Gasteiger partial charge >= 0.3 is 0 Å². The van der Waals surface area contributed by atoms with Crippen LogP contribution in [0, 0.1) is 12.8 Å². The summed E-state index contributed by atoms with van der Waals surface area (Å²) in [5.41, 5.74) is 1.96. The Morgan fingerprint density at radius 1 is 1.48 bits per heavy atom. The second kappa shape index (κ2) is 6.70. The summed E-state index contributed by atoms with van der Waals surface area (Å²) in [6.07, 6.45) is 2.94. The van der Waals surface area contributed by atoms with Crippen LogP contribution in [0.4, 0.5) is 0 Å². The molecule has 1 fully saturated rings. The third-order valence-corrected chi connectivity index (χ3v) is 4.17. The van der Waals surface area contributed by atoms with Gasteiger partial charge in [0.15, 0.2) is 0 Å². The summed E-state index contributed by atoms with van der Waals surface area (Å²) in [4.78, 5) is 30.6. The molecular formula is C16H23N3O2. The predicted molar refractivity (Wildman–Crippen MR) is 80.4 cm³/mol. The van der Waals surface area contributed by atoms with Crippen LogP contribution in [0.2, 0.25) is 0 Å². The van der Waals surface area contributed by atoms with E-state index >= 15 is 0 Å². The lowest BCUT2D eigenvalue weighted by atomic mass is 9.98. The van der Waals surface area contributed by atoms with E-state index in [1.165, 1.54) is 0 Å². The van der Waals surface area contributed by atoms with E-state index in [9.17, 15) is 9.59 Å². The predicted octanol–water partition coefficient (Wildman–Crippen LogP) is 1.65. The quantitative estimate of drug-likeness (QED) is 0.917. The minimum Gasteiger partial charge on any atom is -0.344 e. The van der Waals surface area contributed by atoms with Crippen LogP contribution in [-0.2, 0) is 16.1 Å². The van der Waals surface area contributed by atoms with Gasteiger partial charge in [0.05, 0.1) is 12.2 Å². The van der Waals surface area contributed by atoms with Gasteiger partial charge in [0.2, 0.25) is 11.8 Å². The molecule has 0 aliphatic carbocycles. The number of pyridine rings is 1. The minimum absolute atomic E-state index is 0.000234. The first-order valence-electron chi connectivity index (χ1n) is 7.51. The second-order valence-corrected chi connectivity index (χ2v) is 5.71. The van der Waals surface area contributed by atoms with Crippen LogP contribution < -0.4 is 5.32 Å². The summed E-state index contributed by atoms with van der Waals surface area (Å²) in [5, 5.41) is 2.86. The zero-order valence-corrected chi connectivity index (χ0v) is 12.9. The molecule has 114 valence electrons. The van der Waals surface area contributed by atoms with E-state index in [4.69, 9.17) is 0 Å². The average molecular weight is 289 g/mol. The fraction of sp³-hybridized carbons (Fsp3) is 0.562. The number of hydrogen-bond donors (Lipinski definition) is 1. The molecule has 21 heavy (non-hydrogen) atoms. The van der Waals surface area contributed by atoms with E-state index < -0.39 is 6.04 Å². The van der Waals surface area contributed by atoms with Crippen LogP contribution in [0.25, 0.3) is 0 Å². The van der Waals surface area contributed by atoms with Gasteiger partial charge in [0.1, 0.15) is 6.04 Å². The van der Waals surface area contributed by atoms with Crippen LogP contribution in [-0.4, -0.2) is 34.3 Å². The van der Waals surface area contributed by atoms with E-state index in [2.05, 4.69) is 10.3 Å². The van der Waals surface area contributed by atoms with Gasteiger partial charge in [-0.25, -0.2) is 0 Å². The molecule has 2 atom stereocenters. The maximum Gasteiger partial charge on any atom is 0.245 e. The fourth-order valence-corrected chi connectivity index (χ4v) is 2.49. The second-order valence-electron chi connectivity index (χ2n) is 5.71. The molecule has 1 aromatic heterocycles. The van der Waals surface area contributed by atoms with Crippen LogP contribution in [0.15, 0.2) is 18.3 Å². The van der Waals surface area contributed by atoms with Gasteiger partial charge in [-0.05, 0) is 24.5 Å². The Morgan fingerprint density at radius 3 is 2.90 bits per heavy atom. The fourth-order valence-electron chi connectivity index (χ4n) is 2.49. The van der Waals surface area contributed by atoms with Gasteiger partial charge in [-0.3, -0.25) is 14.6 Å². The Balaban J connectivity index is 2.20. The highest BCUT2D eigenvalue weighted by Gasteiger charge is 2.33. The van der Waals surface area contributed by atoms with E-state index in [1.54, 1.807) is 11.1 Å². The Hall–Kier alpha value is -1.91. The van der Waals surface area contributed by atoms with Crippen molar-refractivity contribution >= 4 is 11.8 Å². The SMILES string of the molecule is CCC(C)C1NC(=O)CCN(Cc2ncccc2C)C1=O. The molecule has 0 saturated carbocycles. The highest BCUT2D eigenvalue weighted by atomic mass is 16.2. The number of aromatic nitrogens is 1. The monoisotopic (exact) mass is 289 g/mol. The van der Waals surface area contributed by atoms with Crippen LogP contribution >= 0.6 is 0 Å². The van der Waals surface area contributed by atoms with Gasteiger partial charge in [-0.2, -0.15) is 0 Å². The van der Waals surface area contributed by atoms with Crippen molar-refractivity contribution in [3.63, 3.8) is 0 Å². The smallest absolute Gasteiger partial charge is 0.245 e. The summed E-state index contributed by atoms with van der Waals surface area (Å²) >= 11 is 0. The molecule has 5 heteroatoms. The number of rotatable bonds is 4. The number of carbonyl (C=O) groups excluding carboxylic acids is 2. The number of nitrogens with zero attached hydrogens (tertiary/aromatic N) is 2. The number of carbonyl (C=O) groups is 2. The molecule has 1 aromatic rings. The number of amides is 2. The van der Waals surface area contributed by atoms with Crippen molar-refractivity contribution in [1.29, 1.82) is 0 Å². The molecular weight excluding hydrogens is 266 g/mol. The third kappa shape index (κ3) is 3.60. The maximum atomic E-state index is 12.7. The zero-order chi connectivity index (χ0) is 15.4. The van der Waals surface area contributed by atoms with E-state index in [0.29, 0.717) is 19.5 Å². The van der Waals surface area contributed by atoms with Crippen LogP contribution in [0.1, 0.15) is 37.9 Å². The lowest BCUT2D eigenvalue weighted by molar-refractivity contribution is -0.135. The first kappa shape index (κ1) is 15.5. The van der Waals surface area contributed by atoms with Gasteiger partial charge in [-0.1, -0.05) is 26.3 Å². The topological polar surface area (TPSA) is 62.3 Å². The summed E-state index contributed by atoms with van der Waals surface area (Å²) in [6.45, 7) is 6.93. The van der Waals surface area contributed by atoms with E-state index in [1.807, 2.05) is 32.9 Å². The highest BCUT2D eigenvalue weighted by Crippen LogP contribution is 2.17. The normalized spacial score (nSPS) is 20.9. The molecule has 1 aliphatic rings. The molecule has 0 spiro atoms. The molecule has 2 rings (SSSR count). The molecule has 0 radical (unpaired) electrons. The largest absolute Gasteiger partial charge is 0.344 e. The van der Waals surface area contributed by atoms with Gasteiger partial charge < -0.3 is 10.2 Å². The number of nitrogens with one attached hydrogen (secondary N) is 1.